The second-order valence-electron chi connectivity index (χ2n) is 5.33. The lowest BCUT2D eigenvalue weighted by molar-refractivity contribution is -0.143. The van der Waals surface area contributed by atoms with E-state index in [1.165, 1.54) is 0 Å². The van der Waals surface area contributed by atoms with Crippen molar-refractivity contribution < 1.29 is 19.4 Å². The Bertz CT molecular complexity index is 758. The smallest absolute Gasteiger partial charge is 0.310 e. The van der Waals surface area contributed by atoms with Gasteiger partial charge in [0.15, 0.2) is 0 Å². The lowest BCUT2D eigenvalue weighted by atomic mass is 9.96. The number of amides is 1. The lowest BCUT2D eigenvalue weighted by Gasteiger charge is -2.23. The number of fused-ring (bicyclic) bond motifs is 1. The zero-order valence-corrected chi connectivity index (χ0v) is 12.8. The molecule has 2 N–H and O–H groups in total. The SMILES string of the molecule is O=C(Nc1ccc2c(c1)CC(C(=O)O)CO2)c1ccc(Cl)cc1. The molecule has 1 amide bonds. The van der Waals surface area contributed by atoms with Crippen molar-refractivity contribution in [2.75, 3.05) is 11.9 Å². The van der Waals surface area contributed by atoms with Crippen LogP contribution in [0.1, 0.15) is 15.9 Å². The first kappa shape index (κ1) is 15.4. The Labute approximate surface area is 137 Å². The van der Waals surface area contributed by atoms with Gasteiger partial charge in [-0.25, -0.2) is 0 Å². The van der Waals surface area contributed by atoms with Gasteiger partial charge < -0.3 is 15.2 Å². The van der Waals surface area contributed by atoms with Gasteiger partial charge in [0, 0.05) is 16.3 Å². The summed E-state index contributed by atoms with van der Waals surface area (Å²) in [5.74, 6) is -1.05. The first-order valence-electron chi connectivity index (χ1n) is 7.08. The summed E-state index contributed by atoms with van der Waals surface area (Å²) in [6, 6.07) is 11.8. The highest BCUT2D eigenvalue weighted by atomic mass is 35.5. The van der Waals surface area contributed by atoms with Crippen LogP contribution in [0.4, 0.5) is 5.69 Å². The van der Waals surface area contributed by atoms with Gasteiger partial charge in [-0.3, -0.25) is 9.59 Å². The molecule has 23 heavy (non-hydrogen) atoms. The van der Waals surface area contributed by atoms with Crippen LogP contribution in [0.15, 0.2) is 42.5 Å². The number of carbonyl (C=O) groups is 2. The molecule has 1 heterocycles. The number of benzene rings is 2. The van der Waals surface area contributed by atoms with Gasteiger partial charge in [-0.2, -0.15) is 0 Å². The molecule has 0 fully saturated rings. The maximum absolute atomic E-state index is 12.2. The first-order valence-corrected chi connectivity index (χ1v) is 7.46. The minimum absolute atomic E-state index is 0.165. The van der Waals surface area contributed by atoms with E-state index in [1.807, 2.05) is 0 Å². The highest BCUT2D eigenvalue weighted by molar-refractivity contribution is 6.30. The number of rotatable bonds is 3. The largest absolute Gasteiger partial charge is 0.492 e. The Hall–Kier alpha value is -2.53. The highest BCUT2D eigenvalue weighted by Gasteiger charge is 2.25. The summed E-state index contributed by atoms with van der Waals surface area (Å²) in [4.78, 5) is 23.3. The molecule has 0 saturated heterocycles. The lowest BCUT2D eigenvalue weighted by Crippen LogP contribution is -2.27. The van der Waals surface area contributed by atoms with Gasteiger partial charge in [-0.05, 0) is 54.4 Å². The zero-order chi connectivity index (χ0) is 16.4. The van der Waals surface area contributed by atoms with Gasteiger partial charge in [0.2, 0.25) is 0 Å². The van der Waals surface area contributed by atoms with Crippen molar-refractivity contribution in [3.63, 3.8) is 0 Å². The fraction of sp³-hybridized carbons (Fsp3) is 0.176. The van der Waals surface area contributed by atoms with E-state index in [0.29, 0.717) is 28.4 Å². The monoisotopic (exact) mass is 331 g/mol. The van der Waals surface area contributed by atoms with Gasteiger partial charge in [0.05, 0.1) is 5.92 Å². The van der Waals surface area contributed by atoms with E-state index in [0.717, 1.165) is 5.56 Å². The number of anilines is 1. The predicted octanol–water partition coefficient (Wildman–Crippen LogP) is 3.23. The summed E-state index contributed by atoms with van der Waals surface area (Å²) in [5, 5.41) is 12.4. The average molecular weight is 332 g/mol. The maximum Gasteiger partial charge on any atom is 0.310 e. The molecule has 1 aliphatic heterocycles. The standard InChI is InChI=1S/C17H14ClNO4/c18-13-3-1-10(2-4-13)16(20)19-14-5-6-15-11(8-14)7-12(9-23-15)17(21)22/h1-6,8,12H,7,9H2,(H,19,20)(H,21,22). The molecule has 0 radical (unpaired) electrons. The van der Waals surface area contributed by atoms with Crippen LogP contribution in [0.3, 0.4) is 0 Å². The van der Waals surface area contributed by atoms with Crippen molar-refractivity contribution in [1.29, 1.82) is 0 Å². The summed E-state index contributed by atoms with van der Waals surface area (Å²) in [5.41, 5.74) is 1.86. The van der Waals surface area contributed by atoms with Crippen molar-refractivity contribution in [3.05, 3.63) is 58.6 Å². The van der Waals surface area contributed by atoms with Crippen LogP contribution in [0, 0.1) is 5.92 Å². The zero-order valence-electron chi connectivity index (χ0n) is 12.1. The van der Waals surface area contributed by atoms with E-state index < -0.39 is 11.9 Å². The first-order chi connectivity index (χ1) is 11.0. The van der Waals surface area contributed by atoms with Gasteiger partial charge in [-0.1, -0.05) is 11.6 Å². The van der Waals surface area contributed by atoms with Crippen molar-refractivity contribution in [3.8, 4) is 5.75 Å². The van der Waals surface area contributed by atoms with E-state index in [-0.39, 0.29) is 12.5 Å². The Morgan fingerprint density at radius 3 is 2.61 bits per heavy atom. The molecule has 0 spiro atoms. The third-order valence-corrected chi connectivity index (χ3v) is 3.93. The molecular formula is C17H14ClNO4. The fourth-order valence-corrected chi connectivity index (χ4v) is 2.56. The van der Waals surface area contributed by atoms with Gasteiger partial charge in [0.1, 0.15) is 12.4 Å². The number of aliphatic carboxylic acids is 1. The average Bonchev–Trinajstić information content (AvgIpc) is 2.54. The number of carboxylic acids is 1. The van der Waals surface area contributed by atoms with E-state index in [2.05, 4.69) is 5.32 Å². The fourth-order valence-electron chi connectivity index (χ4n) is 2.44. The van der Waals surface area contributed by atoms with Crippen molar-refractivity contribution in [2.45, 2.75) is 6.42 Å². The molecule has 6 heteroatoms. The maximum atomic E-state index is 12.2. The van der Waals surface area contributed by atoms with Crippen molar-refractivity contribution >= 4 is 29.2 Å². The Morgan fingerprint density at radius 2 is 1.91 bits per heavy atom. The summed E-state index contributed by atoms with van der Waals surface area (Å²) in [6.07, 6.45) is 0.384. The second kappa shape index (κ2) is 6.30. The number of halogens is 1. The Kier molecular flexibility index (Phi) is 4.21. The summed E-state index contributed by atoms with van der Waals surface area (Å²) < 4.78 is 5.45. The molecule has 0 saturated carbocycles. The number of ether oxygens (including phenoxy) is 1. The van der Waals surface area contributed by atoms with Crippen LogP contribution >= 0.6 is 11.6 Å². The third kappa shape index (κ3) is 3.46. The second-order valence-corrected chi connectivity index (χ2v) is 5.77. The van der Waals surface area contributed by atoms with Crippen LogP contribution in [0.5, 0.6) is 5.75 Å². The molecular weight excluding hydrogens is 318 g/mol. The van der Waals surface area contributed by atoms with Gasteiger partial charge >= 0.3 is 5.97 Å². The number of hydrogen-bond acceptors (Lipinski definition) is 3. The summed E-state index contributed by atoms with van der Waals surface area (Å²) >= 11 is 5.80. The molecule has 1 atom stereocenters. The van der Waals surface area contributed by atoms with Crippen LogP contribution in [0.25, 0.3) is 0 Å². The van der Waals surface area contributed by atoms with Crippen LogP contribution in [0.2, 0.25) is 5.02 Å². The normalized spacial score (nSPS) is 16.1. The van der Waals surface area contributed by atoms with E-state index in [1.54, 1.807) is 42.5 Å². The van der Waals surface area contributed by atoms with Crippen LogP contribution in [-0.2, 0) is 11.2 Å². The minimum Gasteiger partial charge on any atom is -0.492 e. The van der Waals surface area contributed by atoms with Crippen LogP contribution in [-0.4, -0.2) is 23.6 Å². The Balaban J connectivity index is 1.77. The number of hydrogen-bond donors (Lipinski definition) is 2. The molecule has 1 unspecified atom stereocenters. The van der Waals surface area contributed by atoms with Gasteiger partial charge in [-0.15, -0.1) is 0 Å². The molecule has 0 aliphatic carbocycles. The predicted molar refractivity (Wildman–Crippen MR) is 86.2 cm³/mol. The number of nitrogens with one attached hydrogen (secondary N) is 1. The van der Waals surface area contributed by atoms with Crippen LogP contribution < -0.4 is 10.1 Å². The molecule has 5 nitrogen and oxygen atoms in total. The molecule has 2 aromatic rings. The topological polar surface area (TPSA) is 75.6 Å². The summed E-state index contributed by atoms with van der Waals surface area (Å²) in [6.45, 7) is 0.165. The van der Waals surface area contributed by atoms with E-state index in [9.17, 15) is 9.59 Å². The third-order valence-electron chi connectivity index (χ3n) is 3.68. The van der Waals surface area contributed by atoms with Crippen molar-refractivity contribution in [1.82, 2.24) is 0 Å². The quantitative estimate of drug-likeness (QED) is 0.905. The van der Waals surface area contributed by atoms with E-state index in [4.69, 9.17) is 21.4 Å². The molecule has 118 valence electrons. The van der Waals surface area contributed by atoms with E-state index >= 15 is 0 Å². The molecule has 2 aromatic carbocycles. The molecule has 0 aromatic heterocycles. The molecule has 0 bridgehead atoms. The highest BCUT2D eigenvalue weighted by Crippen LogP contribution is 2.30. The molecule has 1 aliphatic rings. The van der Waals surface area contributed by atoms with Gasteiger partial charge in [0.25, 0.3) is 5.91 Å². The Morgan fingerprint density at radius 1 is 1.17 bits per heavy atom. The van der Waals surface area contributed by atoms with Crippen molar-refractivity contribution in [2.24, 2.45) is 5.92 Å². The number of carboxylic acid groups (broad SMARTS) is 1. The minimum atomic E-state index is -0.883. The molecule has 3 rings (SSSR count). The number of carbonyl (C=O) groups excluding carboxylic acids is 1. The summed E-state index contributed by atoms with van der Waals surface area (Å²) in [7, 11) is 0.